The molecule has 0 amide bonds. The second-order valence-corrected chi connectivity index (χ2v) is 3.94. The number of Topliss-reactive ketones (excluding diaryl/α,β-unsaturated/α-hetero) is 1. The summed E-state index contributed by atoms with van der Waals surface area (Å²) in [5, 5.41) is 0.114. The molecule has 0 heterocycles. The Morgan fingerprint density at radius 2 is 1.44 bits per heavy atom. The van der Waals surface area contributed by atoms with Gasteiger partial charge in [-0.15, -0.1) is 23.2 Å². The van der Waals surface area contributed by atoms with Crippen LogP contribution in [0.15, 0.2) is 24.3 Å². The summed E-state index contributed by atoms with van der Waals surface area (Å²) < 4.78 is 0. The Morgan fingerprint density at radius 1 is 1.00 bits per heavy atom. The molecule has 0 atom stereocenters. The van der Waals surface area contributed by atoms with Crippen LogP contribution in [-0.2, 0) is 4.79 Å². The lowest BCUT2D eigenvalue weighted by Crippen LogP contribution is -1.98. The number of rotatable bonds is 3. The second kappa shape index (κ2) is 8.82. The SMILES string of the molecule is O=C(CCl)c1ccc(Cl)cc1.O=C(Cl)CCl. The number of carbonyl (C=O) groups is 2. The fraction of sp³-hybridized carbons (Fsp3) is 0.200. The maximum atomic E-state index is 10.9. The van der Waals surface area contributed by atoms with E-state index in [1.807, 2.05) is 0 Å². The number of alkyl halides is 2. The highest BCUT2D eigenvalue weighted by molar-refractivity contribution is 6.67. The third kappa shape index (κ3) is 7.07. The third-order valence-corrected chi connectivity index (χ3v) is 2.40. The van der Waals surface area contributed by atoms with Crippen molar-refractivity contribution in [3.63, 3.8) is 0 Å². The second-order valence-electron chi connectivity index (χ2n) is 2.55. The normalized spacial score (nSPS) is 9.00. The quantitative estimate of drug-likeness (QED) is 0.484. The van der Waals surface area contributed by atoms with Gasteiger partial charge in [-0.2, -0.15) is 0 Å². The Kier molecular flexibility index (Phi) is 8.67. The van der Waals surface area contributed by atoms with Gasteiger partial charge >= 0.3 is 0 Å². The molecule has 6 heteroatoms. The van der Waals surface area contributed by atoms with E-state index < -0.39 is 5.24 Å². The molecule has 0 aliphatic heterocycles. The van der Waals surface area contributed by atoms with Gasteiger partial charge in [0.2, 0.25) is 5.24 Å². The minimum atomic E-state index is -0.508. The largest absolute Gasteiger partial charge is 0.293 e. The van der Waals surface area contributed by atoms with Gasteiger partial charge in [0.1, 0.15) is 0 Å². The molecule has 0 aromatic heterocycles. The van der Waals surface area contributed by atoms with Crippen LogP contribution in [0.3, 0.4) is 0 Å². The average molecular weight is 302 g/mol. The lowest BCUT2D eigenvalue weighted by Gasteiger charge is -1.95. The first-order valence-electron chi connectivity index (χ1n) is 4.10. The van der Waals surface area contributed by atoms with Crippen LogP contribution in [0.25, 0.3) is 0 Å². The summed E-state index contributed by atoms with van der Waals surface area (Å²) >= 11 is 20.5. The van der Waals surface area contributed by atoms with Crippen molar-refractivity contribution in [3.05, 3.63) is 34.9 Å². The zero-order valence-electron chi connectivity index (χ0n) is 8.05. The van der Waals surface area contributed by atoms with Crippen LogP contribution < -0.4 is 0 Å². The lowest BCUT2D eigenvalue weighted by atomic mass is 10.2. The summed E-state index contributed by atoms with van der Waals surface area (Å²) in [5.74, 6) is -0.160. The lowest BCUT2D eigenvalue weighted by molar-refractivity contribution is -0.109. The van der Waals surface area contributed by atoms with E-state index in [1.165, 1.54) is 0 Å². The molecule has 0 fully saturated rings. The van der Waals surface area contributed by atoms with Crippen LogP contribution >= 0.6 is 46.4 Å². The van der Waals surface area contributed by atoms with Crippen LogP contribution in [0.4, 0.5) is 0 Å². The van der Waals surface area contributed by atoms with Gasteiger partial charge < -0.3 is 0 Å². The molecule has 1 aromatic rings. The predicted octanol–water partition coefficient (Wildman–Crippen LogP) is 3.75. The molecular formula is C10H8Cl4O2. The zero-order chi connectivity index (χ0) is 12.6. The number of hydrogen-bond acceptors (Lipinski definition) is 2. The van der Waals surface area contributed by atoms with Gasteiger partial charge in [0.15, 0.2) is 5.78 Å². The van der Waals surface area contributed by atoms with E-state index in [0.717, 1.165) is 0 Å². The Hall–Kier alpha value is -0.280. The van der Waals surface area contributed by atoms with Crippen molar-refractivity contribution in [3.8, 4) is 0 Å². The molecule has 0 bridgehead atoms. The molecule has 1 rings (SSSR count). The van der Waals surface area contributed by atoms with Crippen molar-refractivity contribution in [1.82, 2.24) is 0 Å². The minimum absolute atomic E-state index is 0.0155. The Balaban J connectivity index is 0.000000385. The highest BCUT2D eigenvalue weighted by atomic mass is 35.5. The van der Waals surface area contributed by atoms with E-state index in [-0.39, 0.29) is 17.5 Å². The van der Waals surface area contributed by atoms with E-state index >= 15 is 0 Å². The first kappa shape index (κ1) is 15.7. The number of carbonyl (C=O) groups excluding carboxylic acids is 2. The topological polar surface area (TPSA) is 34.1 Å². The summed E-state index contributed by atoms with van der Waals surface area (Å²) in [7, 11) is 0. The summed E-state index contributed by atoms with van der Waals surface area (Å²) in [5.41, 5.74) is 0.601. The van der Waals surface area contributed by atoms with E-state index in [4.69, 9.17) is 46.4 Å². The first-order chi connectivity index (χ1) is 7.51. The van der Waals surface area contributed by atoms with E-state index in [1.54, 1.807) is 24.3 Å². The molecule has 0 saturated carbocycles. The van der Waals surface area contributed by atoms with Crippen molar-refractivity contribution in [2.24, 2.45) is 0 Å². The van der Waals surface area contributed by atoms with Crippen LogP contribution in [0.5, 0.6) is 0 Å². The maximum Gasteiger partial charge on any atom is 0.236 e. The van der Waals surface area contributed by atoms with Crippen LogP contribution in [0.1, 0.15) is 10.4 Å². The molecule has 0 radical (unpaired) electrons. The highest BCUT2D eigenvalue weighted by Gasteiger charge is 2.01. The standard InChI is InChI=1S/C8H6Cl2O.C2H2Cl2O/c9-5-8(11)6-1-3-7(10)4-2-6;3-1-2(4)5/h1-4H,5H2;1H2. The Labute approximate surface area is 113 Å². The molecule has 0 aliphatic carbocycles. The van der Waals surface area contributed by atoms with Crippen molar-refractivity contribution in [1.29, 1.82) is 0 Å². The molecular weight excluding hydrogens is 294 g/mol. The van der Waals surface area contributed by atoms with Crippen LogP contribution in [0.2, 0.25) is 5.02 Å². The van der Waals surface area contributed by atoms with Gasteiger partial charge in [-0.25, -0.2) is 0 Å². The molecule has 0 unspecified atom stereocenters. The Morgan fingerprint density at radius 3 is 1.75 bits per heavy atom. The van der Waals surface area contributed by atoms with Gasteiger partial charge in [-0.1, -0.05) is 11.6 Å². The summed E-state index contributed by atoms with van der Waals surface area (Å²) in [6.45, 7) is 0. The third-order valence-electron chi connectivity index (χ3n) is 1.39. The highest BCUT2D eigenvalue weighted by Crippen LogP contribution is 2.10. The van der Waals surface area contributed by atoms with Gasteiger partial charge in [0, 0.05) is 10.6 Å². The molecule has 0 saturated heterocycles. The zero-order valence-corrected chi connectivity index (χ0v) is 11.1. The van der Waals surface area contributed by atoms with Crippen LogP contribution in [0, 0.1) is 0 Å². The van der Waals surface area contributed by atoms with E-state index in [0.29, 0.717) is 10.6 Å². The molecule has 16 heavy (non-hydrogen) atoms. The molecule has 88 valence electrons. The van der Waals surface area contributed by atoms with Gasteiger partial charge in [-0.3, -0.25) is 9.59 Å². The van der Waals surface area contributed by atoms with Gasteiger partial charge in [0.25, 0.3) is 0 Å². The summed E-state index contributed by atoms with van der Waals surface area (Å²) in [6, 6.07) is 6.66. The predicted molar refractivity (Wildman–Crippen MR) is 68.1 cm³/mol. The fourth-order valence-corrected chi connectivity index (χ4v) is 0.993. The van der Waals surface area contributed by atoms with E-state index in [9.17, 15) is 9.59 Å². The smallest absolute Gasteiger partial charge is 0.236 e. The average Bonchev–Trinajstić information content (AvgIpc) is 2.29. The number of benzene rings is 1. The number of ketones is 1. The summed E-state index contributed by atoms with van der Waals surface area (Å²) in [6.07, 6.45) is 0. The summed E-state index contributed by atoms with van der Waals surface area (Å²) in [4.78, 5) is 20.4. The monoisotopic (exact) mass is 300 g/mol. The van der Waals surface area contributed by atoms with Gasteiger partial charge in [-0.05, 0) is 35.9 Å². The van der Waals surface area contributed by atoms with Crippen molar-refractivity contribution in [2.75, 3.05) is 11.8 Å². The van der Waals surface area contributed by atoms with Crippen molar-refractivity contribution < 1.29 is 9.59 Å². The molecule has 0 aliphatic rings. The Bertz CT molecular complexity index is 348. The number of halogens is 4. The van der Waals surface area contributed by atoms with Gasteiger partial charge in [0.05, 0.1) is 11.8 Å². The van der Waals surface area contributed by atoms with Crippen molar-refractivity contribution >= 4 is 57.4 Å². The van der Waals surface area contributed by atoms with Crippen molar-refractivity contribution in [2.45, 2.75) is 0 Å². The molecule has 0 spiro atoms. The first-order valence-corrected chi connectivity index (χ1v) is 5.92. The maximum absolute atomic E-state index is 10.9. The minimum Gasteiger partial charge on any atom is -0.293 e. The fourth-order valence-electron chi connectivity index (χ4n) is 0.713. The molecule has 0 N–H and O–H groups in total. The van der Waals surface area contributed by atoms with E-state index in [2.05, 4.69) is 0 Å². The molecule has 1 aromatic carbocycles. The number of hydrogen-bond donors (Lipinski definition) is 0. The van der Waals surface area contributed by atoms with Crippen LogP contribution in [-0.4, -0.2) is 22.8 Å². The molecule has 2 nitrogen and oxygen atoms in total.